The Morgan fingerprint density at radius 2 is 2.20 bits per heavy atom. The maximum absolute atomic E-state index is 13.3. The number of ether oxygens (including phenoxy) is 1. The van der Waals surface area contributed by atoms with Crippen LogP contribution in [-0.2, 0) is 0 Å². The van der Waals surface area contributed by atoms with Crippen molar-refractivity contribution >= 4 is 11.7 Å². The van der Waals surface area contributed by atoms with Crippen molar-refractivity contribution in [3.8, 4) is 5.75 Å². The summed E-state index contributed by atoms with van der Waals surface area (Å²) in [6.07, 6.45) is 0. The highest BCUT2D eigenvalue weighted by Crippen LogP contribution is 2.22. The molecule has 0 aliphatic carbocycles. The predicted molar refractivity (Wildman–Crippen MR) is 55.8 cm³/mol. The Kier molecular flexibility index (Phi) is 3.49. The van der Waals surface area contributed by atoms with Crippen LogP contribution in [0, 0.1) is 5.82 Å². The highest BCUT2D eigenvalue weighted by molar-refractivity contribution is 5.91. The maximum atomic E-state index is 13.3. The summed E-state index contributed by atoms with van der Waals surface area (Å²) in [5.41, 5.74) is 0.465. The number of benzene rings is 1. The van der Waals surface area contributed by atoms with Crippen LogP contribution in [0.2, 0.25) is 0 Å². The lowest BCUT2D eigenvalue weighted by Gasteiger charge is -2.17. The van der Waals surface area contributed by atoms with E-state index in [1.807, 2.05) is 0 Å². The zero-order valence-corrected chi connectivity index (χ0v) is 8.87. The van der Waals surface area contributed by atoms with E-state index in [4.69, 9.17) is 4.74 Å². The molecule has 0 radical (unpaired) electrons. The summed E-state index contributed by atoms with van der Waals surface area (Å²) in [4.78, 5) is 12.5. The van der Waals surface area contributed by atoms with Crippen molar-refractivity contribution in [1.82, 2.24) is 5.32 Å². The highest BCUT2D eigenvalue weighted by atomic mass is 19.1. The second kappa shape index (κ2) is 4.63. The summed E-state index contributed by atoms with van der Waals surface area (Å²) in [5, 5.41) is 2.44. The van der Waals surface area contributed by atoms with E-state index >= 15 is 0 Å². The van der Waals surface area contributed by atoms with E-state index in [-0.39, 0.29) is 11.8 Å². The molecule has 0 aliphatic rings. The van der Waals surface area contributed by atoms with Crippen molar-refractivity contribution < 1.29 is 13.9 Å². The van der Waals surface area contributed by atoms with Gasteiger partial charge in [0.15, 0.2) is 11.6 Å². The normalized spacial score (nSPS) is 9.60. The van der Waals surface area contributed by atoms with Crippen molar-refractivity contribution in [3.05, 3.63) is 24.0 Å². The molecule has 15 heavy (non-hydrogen) atoms. The molecule has 1 aromatic rings. The van der Waals surface area contributed by atoms with Gasteiger partial charge in [0, 0.05) is 25.8 Å². The van der Waals surface area contributed by atoms with Crippen LogP contribution in [0.4, 0.5) is 14.9 Å². The Labute approximate surface area is 87.6 Å². The average Bonchev–Trinajstić information content (AvgIpc) is 2.26. The standard InChI is InChI=1S/C10H13FN2O2/c1-12-10(14)13(2)7-4-5-9(15-3)8(11)6-7/h4-6H,1-3H3,(H,12,14). The van der Waals surface area contributed by atoms with E-state index in [2.05, 4.69) is 5.32 Å². The first-order valence-electron chi connectivity index (χ1n) is 4.39. The fraction of sp³-hybridized carbons (Fsp3) is 0.300. The van der Waals surface area contributed by atoms with Gasteiger partial charge >= 0.3 is 6.03 Å². The van der Waals surface area contributed by atoms with E-state index in [1.165, 1.54) is 31.2 Å². The fourth-order valence-corrected chi connectivity index (χ4v) is 1.15. The SMILES string of the molecule is CNC(=O)N(C)c1ccc(OC)c(F)c1. The molecular formula is C10H13FN2O2. The fourth-order valence-electron chi connectivity index (χ4n) is 1.15. The number of urea groups is 1. The first kappa shape index (κ1) is 11.3. The minimum atomic E-state index is -0.495. The van der Waals surface area contributed by atoms with Crippen LogP contribution in [0.3, 0.4) is 0 Å². The van der Waals surface area contributed by atoms with Gasteiger partial charge in [-0.1, -0.05) is 0 Å². The molecule has 0 heterocycles. The second-order valence-electron chi connectivity index (χ2n) is 2.93. The van der Waals surface area contributed by atoms with Gasteiger partial charge < -0.3 is 10.1 Å². The topological polar surface area (TPSA) is 41.6 Å². The number of nitrogens with zero attached hydrogens (tertiary/aromatic N) is 1. The Morgan fingerprint density at radius 3 is 2.67 bits per heavy atom. The number of halogens is 1. The molecular weight excluding hydrogens is 199 g/mol. The van der Waals surface area contributed by atoms with E-state index in [1.54, 1.807) is 13.1 Å². The van der Waals surface area contributed by atoms with Crippen molar-refractivity contribution in [2.75, 3.05) is 26.1 Å². The van der Waals surface area contributed by atoms with Crippen LogP contribution in [0.25, 0.3) is 0 Å². The quantitative estimate of drug-likeness (QED) is 0.809. The molecule has 0 saturated heterocycles. The Hall–Kier alpha value is -1.78. The van der Waals surface area contributed by atoms with Gasteiger partial charge in [0.25, 0.3) is 0 Å². The van der Waals surface area contributed by atoms with E-state index < -0.39 is 5.82 Å². The number of hydrogen-bond acceptors (Lipinski definition) is 2. The molecule has 0 spiro atoms. The molecule has 82 valence electrons. The molecule has 0 aliphatic heterocycles. The highest BCUT2D eigenvalue weighted by Gasteiger charge is 2.11. The number of carbonyl (C=O) groups excluding carboxylic acids is 1. The summed E-state index contributed by atoms with van der Waals surface area (Å²) < 4.78 is 18.1. The van der Waals surface area contributed by atoms with Crippen molar-refractivity contribution in [3.63, 3.8) is 0 Å². The van der Waals surface area contributed by atoms with Gasteiger partial charge in [-0.15, -0.1) is 0 Å². The summed E-state index contributed by atoms with van der Waals surface area (Å²) >= 11 is 0. The first-order chi connectivity index (χ1) is 7.10. The molecule has 5 heteroatoms. The van der Waals surface area contributed by atoms with Crippen LogP contribution >= 0.6 is 0 Å². The Morgan fingerprint density at radius 1 is 1.53 bits per heavy atom. The van der Waals surface area contributed by atoms with Gasteiger partial charge in [-0.25, -0.2) is 9.18 Å². The molecule has 0 aromatic heterocycles. The van der Waals surface area contributed by atoms with Crippen LogP contribution in [-0.4, -0.2) is 27.2 Å². The predicted octanol–water partition coefficient (Wildman–Crippen LogP) is 1.61. The van der Waals surface area contributed by atoms with Gasteiger partial charge in [0.1, 0.15) is 0 Å². The number of hydrogen-bond donors (Lipinski definition) is 1. The lowest BCUT2D eigenvalue weighted by Crippen LogP contribution is -2.34. The number of methoxy groups -OCH3 is 1. The average molecular weight is 212 g/mol. The second-order valence-corrected chi connectivity index (χ2v) is 2.93. The Balaban J connectivity index is 2.97. The van der Waals surface area contributed by atoms with Gasteiger partial charge in [-0.05, 0) is 12.1 Å². The largest absolute Gasteiger partial charge is 0.494 e. The third-order valence-electron chi connectivity index (χ3n) is 2.04. The summed E-state index contributed by atoms with van der Waals surface area (Å²) in [6, 6.07) is 4.02. The first-order valence-corrected chi connectivity index (χ1v) is 4.39. The van der Waals surface area contributed by atoms with Gasteiger partial charge in [-0.2, -0.15) is 0 Å². The van der Waals surface area contributed by atoms with E-state index in [0.717, 1.165) is 0 Å². The monoisotopic (exact) mass is 212 g/mol. The Bertz CT molecular complexity index is 368. The molecule has 0 atom stereocenters. The molecule has 0 unspecified atom stereocenters. The minimum absolute atomic E-state index is 0.157. The lowest BCUT2D eigenvalue weighted by atomic mass is 10.2. The number of nitrogens with one attached hydrogen (secondary N) is 1. The molecule has 1 rings (SSSR count). The third kappa shape index (κ3) is 2.37. The molecule has 4 nitrogen and oxygen atoms in total. The smallest absolute Gasteiger partial charge is 0.321 e. The summed E-state index contributed by atoms with van der Waals surface area (Å²) in [6.45, 7) is 0. The lowest BCUT2D eigenvalue weighted by molar-refractivity contribution is 0.249. The van der Waals surface area contributed by atoms with Gasteiger partial charge in [0.05, 0.1) is 7.11 Å². The molecule has 2 amide bonds. The maximum Gasteiger partial charge on any atom is 0.321 e. The van der Waals surface area contributed by atoms with Gasteiger partial charge in [0.2, 0.25) is 0 Å². The van der Waals surface area contributed by atoms with Crippen molar-refractivity contribution in [1.29, 1.82) is 0 Å². The molecule has 1 N–H and O–H groups in total. The molecule has 0 bridgehead atoms. The number of rotatable bonds is 2. The molecule has 0 fully saturated rings. The number of anilines is 1. The zero-order chi connectivity index (χ0) is 11.4. The van der Waals surface area contributed by atoms with Crippen LogP contribution < -0.4 is 15.0 Å². The van der Waals surface area contributed by atoms with E-state index in [9.17, 15) is 9.18 Å². The van der Waals surface area contributed by atoms with Crippen molar-refractivity contribution in [2.45, 2.75) is 0 Å². The summed E-state index contributed by atoms with van der Waals surface area (Å²) in [5.74, 6) is -0.338. The molecule has 0 saturated carbocycles. The summed E-state index contributed by atoms with van der Waals surface area (Å²) in [7, 11) is 4.46. The molecule has 1 aromatic carbocycles. The van der Waals surface area contributed by atoms with Crippen LogP contribution in [0.15, 0.2) is 18.2 Å². The minimum Gasteiger partial charge on any atom is -0.494 e. The van der Waals surface area contributed by atoms with E-state index in [0.29, 0.717) is 5.69 Å². The van der Waals surface area contributed by atoms with Crippen LogP contribution in [0.1, 0.15) is 0 Å². The third-order valence-corrected chi connectivity index (χ3v) is 2.04. The number of carbonyl (C=O) groups is 1. The van der Waals surface area contributed by atoms with Crippen molar-refractivity contribution in [2.24, 2.45) is 0 Å². The zero-order valence-electron chi connectivity index (χ0n) is 8.87. The van der Waals surface area contributed by atoms with Gasteiger partial charge in [-0.3, -0.25) is 4.90 Å². The van der Waals surface area contributed by atoms with Crippen LogP contribution in [0.5, 0.6) is 5.75 Å². The number of amides is 2.